The fourth-order valence-corrected chi connectivity index (χ4v) is 5.19. The Morgan fingerprint density at radius 2 is 2.00 bits per heavy atom. The summed E-state index contributed by atoms with van der Waals surface area (Å²) in [6.45, 7) is 0. The van der Waals surface area contributed by atoms with Gasteiger partial charge in [0.2, 0.25) is 0 Å². The second kappa shape index (κ2) is 3.13. The van der Waals surface area contributed by atoms with Crippen molar-refractivity contribution in [3.05, 3.63) is 12.7 Å². The van der Waals surface area contributed by atoms with Gasteiger partial charge in [-0.15, -0.1) is 0 Å². The van der Waals surface area contributed by atoms with Crippen LogP contribution < -0.4 is 0 Å². The molecule has 1 N–H and O–H groups in total. The van der Waals surface area contributed by atoms with E-state index in [9.17, 15) is 9.90 Å². The monoisotopic (exact) mass is 247 g/mol. The first-order valence-electron chi connectivity index (χ1n) is 6.70. The highest BCUT2D eigenvalue weighted by Crippen LogP contribution is 2.64. The van der Waals surface area contributed by atoms with Crippen molar-refractivity contribution < 1.29 is 9.90 Å². The number of aromatic nitrogens is 3. The molecule has 0 amide bonds. The first-order chi connectivity index (χ1) is 8.62. The largest absolute Gasteiger partial charge is 0.481 e. The summed E-state index contributed by atoms with van der Waals surface area (Å²) in [7, 11) is 0. The van der Waals surface area contributed by atoms with Gasteiger partial charge < -0.3 is 5.11 Å². The highest BCUT2D eigenvalue weighted by molar-refractivity contribution is 5.75. The molecule has 1 aromatic rings. The van der Waals surface area contributed by atoms with E-state index in [4.69, 9.17) is 0 Å². The lowest BCUT2D eigenvalue weighted by molar-refractivity contribution is -0.173. The Morgan fingerprint density at radius 3 is 2.56 bits per heavy atom. The topological polar surface area (TPSA) is 68.0 Å². The smallest absolute Gasteiger partial charge is 0.309 e. The maximum Gasteiger partial charge on any atom is 0.309 e. The van der Waals surface area contributed by atoms with Gasteiger partial charge in [0.1, 0.15) is 12.7 Å². The quantitative estimate of drug-likeness (QED) is 0.863. The van der Waals surface area contributed by atoms with Gasteiger partial charge in [0.05, 0.1) is 11.0 Å². The van der Waals surface area contributed by atoms with E-state index in [0.29, 0.717) is 11.8 Å². The molecule has 5 rings (SSSR count). The number of hydrogen-bond donors (Lipinski definition) is 1. The van der Waals surface area contributed by atoms with E-state index in [-0.39, 0.29) is 5.54 Å². The predicted octanol–water partition coefficient (Wildman–Crippen LogP) is 1.66. The number of rotatable bonds is 2. The van der Waals surface area contributed by atoms with Gasteiger partial charge in [-0.25, -0.2) is 9.67 Å². The van der Waals surface area contributed by atoms with Crippen molar-refractivity contribution >= 4 is 5.97 Å². The molecule has 0 unspecified atom stereocenters. The summed E-state index contributed by atoms with van der Waals surface area (Å²) in [5.41, 5.74) is -0.561. The Balaban J connectivity index is 1.81. The van der Waals surface area contributed by atoms with E-state index in [2.05, 4.69) is 10.1 Å². The Labute approximate surface area is 105 Å². The predicted molar refractivity (Wildman–Crippen MR) is 62.7 cm³/mol. The second-order valence-corrected chi connectivity index (χ2v) is 6.61. The van der Waals surface area contributed by atoms with Crippen LogP contribution >= 0.6 is 0 Å². The standard InChI is InChI=1S/C13H17N3O2/c17-11(18)12-2-9-1-10(3-12)5-13(4-9,6-12)16-8-14-7-15-16/h7-10H,1-6H2,(H,17,18)/t9-,10-,12?,13?/m0/s1. The molecule has 96 valence electrons. The lowest BCUT2D eigenvalue weighted by Crippen LogP contribution is -2.59. The van der Waals surface area contributed by atoms with Crippen molar-refractivity contribution in [3.63, 3.8) is 0 Å². The lowest BCUT2D eigenvalue weighted by Gasteiger charge is -2.60. The molecule has 4 aliphatic rings. The maximum atomic E-state index is 11.7. The van der Waals surface area contributed by atoms with Crippen molar-refractivity contribution in [2.24, 2.45) is 17.3 Å². The summed E-state index contributed by atoms with van der Waals surface area (Å²) in [6, 6.07) is 0. The van der Waals surface area contributed by atoms with Gasteiger partial charge >= 0.3 is 5.97 Å². The van der Waals surface area contributed by atoms with E-state index in [1.807, 2.05) is 4.68 Å². The number of aliphatic carboxylic acids is 1. The normalized spacial score (nSPS) is 45.3. The Bertz CT molecular complexity index is 482. The molecular formula is C13H17N3O2. The van der Waals surface area contributed by atoms with Crippen LogP contribution in [0.5, 0.6) is 0 Å². The van der Waals surface area contributed by atoms with Crippen molar-refractivity contribution in [2.45, 2.75) is 44.1 Å². The molecule has 4 aliphatic carbocycles. The van der Waals surface area contributed by atoms with Gasteiger partial charge in [-0.1, -0.05) is 0 Å². The molecule has 4 fully saturated rings. The van der Waals surface area contributed by atoms with E-state index in [1.165, 1.54) is 6.42 Å². The molecule has 5 heteroatoms. The van der Waals surface area contributed by atoms with E-state index < -0.39 is 11.4 Å². The summed E-state index contributed by atoms with van der Waals surface area (Å²) in [4.78, 5) is 15.8. The van der Waals surface area contributed by atoms with Gasteiger partial charge in [0.15, 0.2) is 0 Å². The van der Waals surface area contributed by atoms with Crippen LogP contribution in [0.25, 0.3) is 0 Å². The molecule has 0 aliphatic heterocycles. The van der Waals surface area contributed by atoms with Gasteiger partial charge in [-0.3, -0.25) is 4.79 Å². The SMILES string of the molecule is O=C(O)C12C[C@@H]3C[C@@H](C1)CC(n1cncn1)(C3)C2. The summed E-state index contributed by atoms with van der Waals surface area (Å²) < 4.78 is 1.95. The number of nitrogens with zero attached hydrogens (tertiary/aromatic N) is 3. The fraction of sp³-hybridized carbons (Fsp3) is 0.769. The zero-order chi connectivity index (χ0) is 12.4. The van der Waals surface area contributed by atoms with Crippen molar-refractivity contribution in [3.8, 4) is 0 Å². The van der Waals surface area contributed by atoms with Gasteiger partial charge in [0, 0.05) is 0 Å². The molecule has 5 nitrogen and oxygen atoms in total. The number of carboxylic acid groups (broad SMARTS) is 1. The molecule has 4 bridgehead atoms. The molecule has 0 spiro atoms. The Morgan fingerprint density at radius 1 is 1.28 bits per heavy atom. The zero-order valence-corrected chi connectivity index (χ0v) is 10.2. The van der Waals surface area contributed by atoms with Gasteiger partial charge in [-0.05, 0) is 50.4 Å². The van der Waals surface area contributed by atoms with Crippen LogP contribution in [-0.2, 0) is 10.3 Å². The zero-order valence-electron chi connectivity index (χ0n) is 10.2. The van der Waals surface area contributed by atoms with Gasteiger partial charge in [-0.2, -0.15) is 5.10 Å². The van der Waals surface area contributed by atoms with Crippen LogP contribution in [0.15, 0.2) is 12.7 Å². The Kier molecular flexibility index (Phi) is 1.83. The molecule has 0 aromatic carbocycles. The van der Waals surface area contributed by atoms with Crippen molar-refractivity contribution in [1.29, 1.82) is 0 Å². The maximum absolute atomic E-state index is 11.7. The molecule has 1 heterocycles. The highest BCUT2D eigenvalue weighted by Gasteiger charge is 2.61. The van der Waals surface area contributed by atoms with Crippen LogP contribution in [0.1, 0.15) is 38.5 Å². The molecule has 4 saturated carbocycles. The minimum atomic E-state index is -0.596. The third-order valence-corrected chi connectivity index (χ3v) is 5.39. The minimum Gasteiger partial charge on any atom is -0.481 e. The molecule has 2 atom stereocenters. The molecule has 1 aromatic heterocycles. The fourth-order valence-electron chi connectivity index (χ4n) is 5.19. The highest BCUT2D eigenvalue weighted by atomic mass is 16.4. The van der Waals surface area contributed by atoms with Crippen LogP contribution in [0, 0.1) is 17.3 Å². The third kappa shape index (κ3) is 1.19. The van der Waals surface area contributed by atoms with E-state index >= 15 is 0 Å². The second-order valence-electron chi connectivity index (χ2n) is 6.61. The summed E-state index contributed by atoms with van der Waals surface area (Å²) in [5, 5.41) is 14.0. The third-order valence-electron chi connectivity index (χ3n) is 5.39. The summed E-state index contributed by atoms with van der Waals surface area (Å²) in [5.74, 6) is 0.527. The first-order valence-corrected chi connectivity index (χ1v) is 6.70. The van der Waals surface area contributed by atoms with Gasteiger partial charge in [0.25, 0.3) is 0 Å². The van der Waals surface area contributed by atoms with Crippen LogP contribution in [0.3, 0.4) is 0 Å². The average Bonchev–Trinajstić information content (AvgIpc) is 2.80. The lowest BCUT2D eigenvalue weighted by atomic mass is 9.47. The summed E-state index contributed by atoms with van der Waals surface area (Å²) >= 11 is 0. The number of carbonyl (C=O) groups is 1. The van der Waals surface area contributed by atoms with Crippen molar-refractivity contribution in [2.75, 3.05) is 0 Å². The van der Waals surface area contributed by atoms with E-state index in [1.54, 1.807) is 12.7 Å². The number of hydrogen-bond acceptors (Lipinski definition) is 3. The molecular weight excluding hydrogens is 230 g/mol. The molecule has 0 saturated heterocycles. The van der Waals surface area contributed by atoms with Crippen LogP contribution in [0.4, 0.5) is 0 Å². The van der Waals surface area contributed by atoms with Crippen LogP contribution in [0.2, 0.25) is 0 Å². The Hall–Kier alpha value is -1.39. The van der Waals surface area contributed by atoms with Crippen molar-refractivity contribution in [1.82, 2.24) is 14.8 Å². The molecule has 18 heavy (non-hydrogen) atoms. The minimum absolute atomic E-state index is 0.0705. The average molecular weight is 247 g/mol. The van der Waals surface area contributed by atoms with E-state index in [0.717, 1.165) is 32.1 Å². The first kappa shape index (κ1) is 10.5. The number of carboxylic acids is 1. The summed E-state index contributed by atoms with van der Waals surface area (Å²) in [6.07, 6.45) is 9.19. The molecule has 0 radical (unpaired) electrons. The van der Waals surface area contributed by atoms with Crippen LogP contribution in [-0.4, -0.2) is 25.8 Å².